The van der Waals surface area contributed by atoms with E-state index in [0.29, 0.717) is 12.5 Å². The Morgan fingerprint density at radius 1 is 1.35 bits per heavy atom. The summed E-state index contributed by atoms with van der Waals surface area (Å²) in [5, 5.41) is 8.79. The fraction of sp³-hybridized carbons (Fsp3) is 0.562. The maximum absolute atomic E-state index is 10.7. The summed E-state index contributed by atoms with van der Waals surface area (Å²) >= 11 is 0. The van der Waals surface area contributed by atoms with Crippen molar-refractivity contribution >= 4 is 5.97 Å². The molecule has 110 valence electrons. The van der Waals surface area contributed by atoms with Crippen molar-refractivity contribution in [2.45, 2.75) is 38.1 Å². The van der Waals surface area contributed by atoms with Crippen LogP contribution in [0.4, 0.5) is 0 Å². The number of nitrogens with two attached hydrogens (primary N) is 1. The molecule has 0 radical (unpaired) electrons. The van der Waals surface area contributed by atoms with Crippen molar-refractivity contribution in [1.29, 1.82) is 0 Å². The first-order chi connectivity index (χ1) is 9.58. The van der Waals surface area contributed by atoms with Crippen LogP contribution in [-0.4, -0.2) is 41.7 Å². The zero-order valence-corrected chi connectivity index (χ0v) is 12.1. The highest BCUT2D eigenvalue weighted by molar-refractivity contribution is 5.66. The lowest BCUT2D eigenvalue weighted by Crippen LogP contribution is -2.46. The van der Waals surface area contributed by atoms with Crippen molar-refractivity contribution in [3.8, 4) is 0 Å². The second-order valence-corrected chi connectivity index (χ2v) is 5.69. The van der Waals surface area contributed by atoms with Crippen molar-refractivity contribution in [2.24, 2.45) is 5.73 Å². The maximum Gasteiger partial charge on any atom is 0.304 e. The molecule has 2 atom stereocenters. The van der Waals surface area contributed by atoms with Crippen molar-refractivity contribution < 1.29 is 9.90 Å². The minimum atomic E-state index is -0.743. The molecule has 0 saturated carbocycles. The predicted octanol–water partition coefficient (Wildman–Crippen LogP) is 1.84. The average molecular weight is 276 g/mol. The van der Waals surface area contributed by atoms with E-state index in [9.17, 15) is 4.79 Å². The number of aliphatic carboxylic acids is 1. The Kier molecular flexibility index (Phi) is 5.15. The van der Waals surface area contributed by atoms with Crippen LogP contribution in [0.2, 0.25) is 0 Å². The number of carboxylic acid groups (broad SMARTS) is 1. The number of piperidine rings is 1. The van der Waals surface area contributed by atoms with E-state index < -0.39 is 5.97 Å². The van der Waals surface area contributed by atoms with Crippen LogP contribution in [0.25, 0.3) is 0 Å². The van der Waals surface area contributed by atoms with Gasteiger partial charge >= 0.3 is 5.97 Å². The second-order valence-electron chi connectivity index (χ2n) is 5.69. The van der Waals surface area contributed by atoms with E-state index in [0.717, 1.165) is 25.9 Å². The van der Waals surface area contributed by atoms with E-state index in [1.807, 2.05) is 0 Å². The molecule has 1 aliphatic heterocycles. The van der Waals surface area contributed by atoms with Crippen LogP contribution < -0.4 is 5.73 Å². The SMILES string of the molecule is CCc1ccc(C2CC(N)CN(CCC(=O)O)C2)cc1. The Balaban J connectivity index is 2.00. The Bertz CT molecular complexity index is 444. The molecule has 0 bridgehead atoms. The van der Waals surface area contributed by atoms with Crippen molar-refractivity contribution in [2.75, 3.05) is 19.6 Å². The lowest BCUT2D eigenvalue weighted by Gasteiger charge is -2.36. The van der Waals surface area contributed by atoms with E-state index in [1.54, 1.807) is 0 Å². The molecule has 2 unspecified atom stereocenters. The molecule has 4 nitrogen and oxygen atoms in total. The third-order valence-electron chi connectivity index (χ3n) is 4.06. The topological polar surface area (TPSA) is 66.6 Å². The lowest BCUT2D eigenvalue weighted by atomic mass is 9.88. The smallest absolute Gasteiger partial charge is 0.304 e. The van der Waals surface area contributed by atoms with Crippen LogP contribution in [0.5, 0.6) is 0 Å². The van der Waals surface area contributed by atoms with Gasteiger partial charge in [-0.15, -0.1) is 0 Å². The van der Waals surface area contributed by atoms with Gasteiger partial charge in [0.2, 0.25) is 0 Å². The quantitative estimate of drug-likeness (QED) is 0.861. The van der Waals surface area contributed by atoms with Gasteiger partial charge in [-0.3, -0.25) is 4.79 Å². The predicted molar refractivity (Wildman–Crippen MR) is 79.8 cm³/mol. The third kappa shape index (κ3) is 4.05. The molecule has 0 aliphatic carbocycles. The van der Waals surface area contributed by atoms with Gasteiger partial charge in [0.1, 0.15) is 0 Å². The van der Waals surface area contributed by atoms with Gasteiger partial charge in [0, 0.05) is 25.7 Å². The summed E-state index contributed by atoms with van der Waals surface area (Å²) in [5.41, 5.74) is 8.79. The van der Waals surface area contributed by atoms with E-state index >= 15 is 0 Å². The highest BCUT2D eigenvalue weighted by atomic mass is 16.4. The van der Waals surface area contributed by atoms with Crippen LogP contribution in [0.1, 0.15) is 36.8 Å². The van der Waals surface area contributed by atoms with Gasteiger partial charge in [-0.25, -0.2) is 0 Å². The van der Waals surface area contributed by atoms with Crippen LogP contribution in [0.3, 0.4) is 0 Å². The van der Waals surface area contributed by atoms with Gasteiger partial charge in [0.05, 0.1) is 6.42 Å². The molecule has 3 N–H and O–H groups in total. The van der Waals surface area contributed by atoms with Crippen molar-refractivity contribution in [3.63, 3.8) is 0 Å². The molecule has 0 spiro atoms. The Labute approximate surface area is 120 Å². The second kappa shape index (κ2) is 6.86. The maximum atomic E-state index is 10.7. The fourth-order valence-electron chi connectivity index (χ4n) is 2.94. The van der Waals surface area contributed by atoms with Crippen LogP contribution in [0.15, 0.2) is 24.3 Å². The summed E-state index contributed by atoms with van der Waals surface area (Å²) in [6, 6.07) is 8.87. The number of benzene rings is 1. The molecule has 1 aromatic rings. The Morgan fingerprint density at radius 3 is 2.65 bits per heavy atom. The van der Waals surface area contributed by atoms with Crippen LogP contribution in [-0.2, 0) is 11.2 Å². The van der Waals surface area contributed by atoms with Crippen molar-refractivity contribution in [1.82, 2.24) is 4.90 Å². The molecule has 1 aromatic carbocycles. The molecule has 0 aromatic heterocycles. The highest BCUT2D eigenvalue weighted by Gasteiger charge is 2.26. The fourth-order valence-corrected chi connectivity index (χ4v) is 2.94. The first-order valence-corrected chi connectivity index (χ1v) is 7.37. The summed E-state index contributed by atoms with van der Waals surface area (Å²) in [6.07, 6.45) is 2.22. The minimum absolute atomic E-state index is 0.133. The summed E-state index contributed by atoms with van der Waals surface area (Å²) in [7, 11) is 0. The van der Waals surface area contributed by atoms with E-state index in [2.05, 4.69) is 36.1 Å². The third-order valence-corrected chi connectivity index (χ3v) is 4.06. The standard InChI is InChI=1S/C16H24N2O2/c1-2-12-3-5-13(6-4-12)14-9-15(17)11-18(10-14)8-7-16(19)20/h3-6,14-15H,2,7-11,17H2,1H3,(H,19,20). The number of likely N-dealkylation sites (tertiary alicyclic amines) is 1. The Morgan fingerprint density at radius 2 is 2.05 bits per heavy atom. The molecule has 2 rings (SSSR count). The molecule has 20 heavy (non-hydrogen) atoms. The Hall–Kier alpha value is -1.39. The van der Waals surface area contributed by atoms with Gasteiger partial charge < -0.3 is 15.7 Å². The molecule has 4 heteroatoms. The first-order valence-electron chi connectivity index (χ1n) is 7.37. The minimum Gasteiger partial charge on any atom is -0.481 e. The lowest BCUT2D eigenvalue weighted by molar-refractivity contribution is -0.137. The molecule has 1 aliphatic rings. The molecular weight excluding hydrogens is 252 g/mol. The van der Waals surface area contributed by atoms with Gasteiger partial charge in [-0.1, -0.05) is 31.2 Å². The highest BCUT2D eigenvalue weighted by Crippen LogP contribution is 2.26. The summed E-state index contributed by atoms with van der Waals surface area (Å²) in [4.78, 5) is 12.9. The van der Waals surface area contributed by atoms with Gasteiger partial charge in [-0.05, 0) is 29.9 Å². The number of carbonyl (C=O) groups is 1. The number of rotatable bonds is 5. The van der Waals surface area contributed by atoms with Crippen molar-refractivity contribution in [3.05, 3.63) is 35.4 Å². The number of nitrogens with zero attached hydrogens (tertiary/aromatic N) is 1. The zero-order valence-electron chi connectivity index (χ0n) is 12.1. The molecule has 1 fully saturated rings. The zero-order chi connectivity index (χ0) is 14.5. The number of hydrogen-bond donors (Lipinski definition) is 2. The van der Waals surface area contributed by atoms with Crippen LogP contribution >= 0.6 is 0 Å². The van der Waals surface area contributed by atoms with E-state index in [-0.39, 0.29) is 12.5 Å². The summed E-state index contributed by atoms with van der Waals surface area (Å²) in [6.45, 7) is 4.45. The largest absolute Gasteiger partial charge is 0.481 e. The van der Waals surface area contributed by atoms with Gasteiger partial charge in [-0.2, -0.15) is 0 Å². The molecule has 0 amide bonds. The number of aryl methyl sites for hydroxylation is 1. The average Bonchev–Trinajstić information content (AvgIpc) is 2.44. The number of hydrogen-bond acceptors (Lipinski definition) is 3. The monoisotopic (exact) mass is 276 g/mol. The van der Waals surface area contributed by atoms with Crippen LogP contribution in [0, 0.1) is 0 Å². The molecule has 1 heterocycles. The number of carboxylic acids is 1. The normalized spacial score (nSPS) is 23.7. The van der Waals surface area contributed by atoms with Gasteiger partial charge in [0.25, 0.3) is 0 Å². The van der Waals surface area contributed by atoms with E-state index in [1.165, 1.54) is 11.1 Å². The molecule has 1 saturated heterocycles. The first kappa shape index (κ1) is 15.0. The van der Waals surface area contributed by atoms with E-state index in [4.69, 9.17) is 10.8 Å². The molecular formula is C16H24N2O2. The van der Waals surface area contributed by atoms with Gasteiger partial charge in [0.15, 0.2) is 0 Å². The summed E-state index contributed by atoms with van der Waals surface area (Å²) < 4.78 is 0. The summed E-state index contributed by atoms with van der Waals surface area (Å²) in [5.74, 6) is -0.327.